The molecule has 3 atom stereocenters. The van der Waals surface area contributed by atoms with Crippen molar-refractivity contribution in [3.05, 3.63) is 29.8 Å². The van der Waals surface area contributed by atoms with Gasteiger partial charge in [0.2, 0.25) is 5.91 Å². The molecule has 6 nitrogen and oxygen atoms in total. The molecule has 2 aliphatic rings. The van der Waals surface area contributed by atoms with Gasteiger partial charge < -0.3 is 20.3 Å². The van der Waals surface area contributed by atoms with Gasteiger partial charge in [-0.15, -0.1) is 0 Å². The number of carbonyl (C=O) groups is 2. The predicted molar refractivity (Wildman–Crippen MR) is 92.0 cm³/mol. The van der Waals surface area contributed by atoms with Crippen molar-refractivity contribution < 1.29 is 14.3 Å². The van der Waals surface area contributed by atoms with Crippen molar-refractivity contribution >= 4 is 17.5 Å². The largest absolute Gasteiger partial charge is 0.372 e. The smallest absolute Gasteiger partial charge is 0.254 e. The third kappa shape index (κ3) is 3.94. The summed E-state index contributed by atoms with van der Waals surface area (Å²) in [5.74, 6) is -0.00487. The Bertz CT molecular complexity index is 586. The average molecular weight is 331 g/mol. The van der Waals surface area contributed by atoms with E-state index in [2.05, 4.69) is 10.6 Å². The third-order valence-electron chi connectivity index (χ3n) is 4.48. The highest BCUT2D eigenvalue weighted by Crippen LogP contribution is 2.17. The molecule has 6 heteroatoms. The average Bonchev–Trinajstić information content (AvgIpc) is 3.08. The SMILES string of the molecule is CC1CN(C(=O)c2ccc(NC(=O)C3CCCN3)cc2)CC(C)O1. The van der Waals surface area contributed by atoms with Crippen molar-refractivity contribution in [2.45, 2.75) is 44.9 Å². The molecule has 0 radical (unpaired) electrons. The van der Waals surface area contributed by atoms with Crippen LogP contribution < -0.4 is 10.6 Å². The van der Waals surface area contributed by atoms with Crippen LogP contribution in [0.4, 0.5) is 5.69 Å². The Morgan fingerprint density at radius 2 is 1.83 bits per heavy atom. The summed E-state index contributed by atoms with van der Waals surface area (Å²) in [7, 11) is 0. The first-order valence-corrected chi connectivity index (χ1v) is 8.62. The molecule has 1 aromatic rings. The van der Waals surface area contributed by atoms with E-state index in [4.69, 9.17) is 4.74 Å². The molecular formula is C18H25N3O3. The number of carbonyl (C=O) groups excluding carboxylic acids is 2. The Kier molecular flexibility index (Phi) is 5.16. The van der Waals surface area contributed by atoms with Gasteiger partial charge in [0.15, 0.2) is 0 Å². The van der Waals surface area contributed by atoms with Crippen LogP contribution in [-0.4, -0.2) is 54.6 Å². The summed E-state index contributed by atoms with van der Waals surface area (Å²) in [5, 5.41) is 6.07. The summed E-state index contributed by atoms with van der Waals surface area (Å²) in [6.07, 6.45) is 2.00. The van der Waals surface area contributed by atoms with E-state index in [0.717, 1.165) is 19.4 Å². The number of ether oxygens (including phenoxy) is 1. The van der Waals surface area contributed by atoms with Crippen LogP contribution in [0, 0.1) is 0 Å². The molecule has 1 aromatic carbocycles. The molecule has 2 fully saturated rings. The maximum Gasteiger partial charge on any atom is 0.254 e. The molecule has 2 aliphatic heterocycles. The van der Waals surface area contributed by atoms with Crippen LogP contribution in [0.15, 0.2) is 24.3 Å². The van der Waals surface area contributed by atoms with E-state index in [0.29, 0.717) is 24.3 Å². The molecule has 2 N–H and O–H groups in total. The fourth-order valence-electron chi connectivity index (χ4n) is 3.36. The van der Waals surface area contributed by atoms with E-state index in [-0.39, 0.29) is 30.1 Å². The Morgan fingerprint density at radius 3 is 2.42 bits per heavy atom. The first-order chi connectivity index (χ1) is 11.5. The van der Waals surface area contributed by atoms with Gasteiger partial charge in [-0.1, -0.05) is 0 Å². The molecule has 0 aromatic heterocycles. The lowest BCUT2D eigenvalue weighted by atomic mass is 10.1. The maximum atomic E-state index is 12.6. The van der Waals surface area contributed by atoms with Gasteiger partial charge in [-0.3, -0.25) is 9.59 Å². The summed E-state index contributed by atoms with van der Waals surface area (Å²) in [6, 6.07) is 7.00. The zero-order valence-electron chi connectivity index (χ0n) is 14.2. The van der Waals surface area contributed by atoms with Gasteiger partial charge >= 0.3 is 0 Å². The standard InChI is InChI=1S/C18H25N3O3/c1-12-10-21(11-13(2)24-12)18(23)14-5-7-15(8-6-14)20-17(22)16-4-3-9-19-16/h5-8,12-13,16,19H,3-4,9-11H2,1-2H3,(H,20,22). The van der Waals surface area contributed by atoms with Gasteiger partial charge in [0.25, 0.3) is 5.91 Å². The van der Waals surface area contributed by atoms with Gasteiger partial charge in [-0.25, -0.2) is 0 Å². The Hall–Kier alpha value is -1.92. The molecule has 2 heterocycles. The topological polar surface area (TPSA) is 70.7 Å². The third-order valence-corrected chi connectivity index (χ3v) is 4.48. The second kappa shape index (κ2) is 7.32. The Balaban J connectivity index is 1.61. The summed E-state index contributed by atoms with van der Waals surface area (Å²) < 4.78 is 5.67. The van der Waals surface area contributed by atoms with E-state index >= 15 is 0 Å². The number of benzene rings is 1. The number of nitrogens with one attached hydrogen (secondary N) is 2. The first kappa shape index (κ1) is 16.9. The van der Waals surface area contributed by atoms with Gasteiger partial charge in [0.1, 0.15) is 0 Å². The van der Waals surface area contributed by atoms with Gasteiger partial charge in [-0.05, 0) is 57.5 Å². The van der Waals surface area contributed by atoms with Crippen LogP contribution in [0.5, 0.6) is 0 Å². The summed E-state index contributed by atoms with van der Waals surface area (Å²) in [4.78, 5) is 26.5. The number of anilines is 1. The lowest BCUT2D eigenvalue weighted by Crippen LogP contribution is -2.48. The minimum Gasteiger partial charge on any atom is -0.372 e. The zero-order chi connectivity index (χ0) is 17.1. The molecule has 0 saturated carbocycles. The maximum absolute atomic E-state index is 12.6. The summed E-state index contributed by atoms with van der Waals surface area (Å²) in [6.45, 7) is 6.06. The number of hydrogen-bond donors (Lipinski definition) is 2. The predicted octanol–water partition coefficient (Wildman–Crippen LogP) is 1.63. The Labute approximate surface area is 142 Å². The molecule has 0 aliphatic carbocycles. The number of morpholine rings is 1. The lowest BCUT2D eigenvalue weighted by Gasteiger charge is -2.35. The second-order valence-corrected chi connectivity index (χ2v) is 6.68. The fourth-order valence-corrected chi connectivity index (χ4v) is 3.36. The van der Waals surface area contributed by atoms with Crippen LogP contribution in [0.2, 0.25) is 0 Å². The van der Waals surface area contributed by atoms with Crippen molar-refractivity contribution in [3.63, 3.8) is 0 Å². The van der Waals surface area contributed by atoms with Crippen molar-refractivity contribution in [3.8, 4) is 0 Å². The molecule has 0 bridgehead atoms. The molecule has 2 saturated heterocycles. The van der Waals surface area contributed by atoms with Crippen molar-refractivity contribution in [1.29, 1.82) is 0 Å². The van der Waals surface area contributed by atoms with Crippen LogP contribution in [0.3, 0.4) is 0 Å². The normalized spacial score (nSPS) is 27.1. The highest BCUT2D eigenvalue weighted by atomic mass is 16.5. The van der Waals surface area contributed by atoms with Crippen molar-refractivity contribution in [2.24, 2.45) is 0 Å². The number of nitrogens with zero attached hydrogens (tertiary/aromatic N) is 1. The minimum atomic E-state index is -0.109. The first-order valence-electron chi connectivity index (χ1n) is 8.62. The monoisotopic (exact) mass is 331 g/mol. The van der Waals surface area contributed by atoms with Crippen LogP contribution >= 0.6 is 0 Å². The van der Waals surface area contributed by atoms with E-state index in [9.17, 15) is 9.59 Å². The highest BCUT2D eigenvalue weighted by Gasteiger charge is 2.26. The molecule has 3 rings (SSSR count). The van der Waals surface area contributed by atoms with Crippen LogP contribution in [0.25, 0.3) is 0 Å². The molecule has 24 heavy (non-hydrogen) atoms. The van der Waals surface area contributed by atoms with E-state index in [1.807, 2.05) is 18.7 Å². The fraction of sp³-hybridized carbons (Fsp3) is 0.556. The summed E-state index contributed by atoms with van der Waals surface area (Å²) >= 11 is 0. The molecule has 2 amide bonds. The van der Waals surface area contributed by atoms with Gasteiger partial charge in [0, 0.05) is 24.3 Å². The van der Waals surface area contributed by atoms with E-state index < -0.39 is 0 Å². The minimum absolute atomic E-state index is 0.00679. The molecular weight excluding hydrogens is 306 g/mol. The zero-order valence-corrected chi connectivity index (χ0v) is 14.2. The number of hydrogen-bond acceptors (Lipinski definition) is 4. The number of rotatable bonds is 3. The van der Waals surface area contributed by atoms with Crippen molar-refractivity contribution in [2.75, 3.05) is 25.0 Å². The van der Waals surface area contributed by atoms with Gasteiger partial charge in [-0.2, -0.15) is 0 Å². The molecule has 0 spiro atoms. The van der Waals surface area contributed by atoms with Crippen LogP contribution in [-0.2, 0) is 9.53 Å². The van der Waals surface area contributed by atoms with E-state index in [1.54, 1.807) is 24.3 Å². The number of amides is 2. The van der Waals surface area contributed by atoms with E-state index in [1.165, 1.54) is 0 Å². The second-order valence-electron chi connectivity index (χ2n) is 6.68. The van der Waals surface area contributed by atoms with Gasteiger partial charge in [0.05, 0.1) is 18.2 Å². The quantitative estimate of drug-likeness (QED) is 0.883. The molecule has 130 valence electrons. The Morgan fingerprint density at radius 1 is 1.17 bits per heavy atom. The van der Waals surface area contributed by atoms with Crippen LogP contribution in [0.1, 0.15) is 37.0 Å². The lowest BCUT2D eigenvalue weighted by molar-refractivity contribution is -0.117. The summed E-state index contributed by atoms with van der Waals surface area (Å²) in [5.41, 5.74) is 1.35. The highest BCUT2D eigenvalue weighted by molar-refractivity contribution is 5.97. The van der Waals surface area contributed by atoms with Crippen molar-refractivity contribution in [1.82, 2.24) is 10.2 Å². The molecule has 3 unspecified atom stereocenters.